The lowest BCUT2D eigenvalue weighted by Crippen LogP contribution is -2.37. The SMILES string of the molecule is CCC(=O)O[Si](CC)(CC)CC. The van der Waals surface area contributed by atoms with Crippen LogP contribution in [0.2, 0.25) is 18.1 Å². The summed E-state index contributed by atoms with van der Waals surface area (Å²) < 4.78 is 5.53. The van der Waals surface area contributed by atoms with Crippen LogP contribution in [0.5, 0.6) is 0 Å². The van der Waals surface area contributed by atoms with E-state index in [-0.39, 0.29) is 5.97 Å². The van der Waals surface area contributed by atoms with Crippen LogP contribution in [0.4, 0.5) is 0 Å². The largest absolute Gasteiger partial charge is 0.519 e. The van der Waals surface area contributed by atoms with Crippen LogP contribution in [-0.2, 0) is 9.22 Å². The summed E-state index contributed by atoms with van der Waals surface area (Å²) in [6.45, 7) is 8.23. The van der Waals surface area contributed by atoms with E-state index in [0.717, 1.165) is 18.1 Å². The topological polar surface area (TPSA) is 26.3 Å². The minimum atomic E-state index is -1.65. The van der Waals surface area contributed by atoms with E-state index in [1.807, 2.05) is 6.92 Å². The highest BCUT2D eigenvalue weighted by molar-refractivity contribution is 6.74. The van der Waals surface area contributed by atoms with Crippen LogP contribution < -0.4 is 0 Å². The summed E-state index contributed by atoms with van der Waals surface area (Å²) in [6, 6.07) is 3.14. The van der Waals surface area contributed by atoms with Gasteiger partial charge in [0.05, 0.1) is 0 Å². The molecule has 0 radical (unpaired) electrons. The van der Waals surface area contributed by atoms with E-state index in [0.29, 0.717) is 6.42 Å². The molecule has 0 N–H and O–H groups in total. The molecule has 0 aromatic rings. The highest BCUT2D eigenvalue weighted by Crippen LogP contribution is 2.21. The maximum absolute atomic E-state index is 11.1. The molecule has 0 rings (SSSR count). The zero-order chi connectivity index (χ0) is 9.61. The first-order valence-electron chi connectivity index (χ1n) is 4.86. The van der Waals surface area contributed by atoms with Gasteiger partial charge in [0, 0.05) is 6.42 Å². The van der Waals surface area contributed by atoms with Crippen LogP contribution in [0.25, 0.3) is 0 Å². The van der Waals surface area contributed by atoms with E-state index in [1.54, 1.807) is 0 Å². The molecule has 0 bridgehead atoms. The molecule has 0 unspecified atom stereocenters. The lowest BCUT2D eigenvalue weighted by Gasteiger charge is -2.27. The molecule has 0 heterocycles. The number of hydrogen-bond donors (Lipinski definition) is 0. The van der Waals surface area contributed by atoms with Crippen LogP contribution in [0.15, 0.2) is 0 Å². The van der Waals surface area contributed by atoms with Gasteiger partial charge >= 0.3 is 0 Å². The first-order chi connectivity index (χ1) is 5.64. The molecule has 12 heavy (non-hydrogen) atoms. The van der Waals surface area contributed by atoms with Crippen molar-refractivity contribution in [3.05, 3.63) is 0 Å². The molecule has 72 valence electrons. The second-order valence-corrected chi connectivity index (χ2v) is 7.76. The third kappa shape index (κ3) is 2.97. The minimum Gasteiger partial charge on any atom is -0.519 e. The first kappa shape index (κ1) is 11.7. The predicted molar refractivity (Wildman–Crippen MR) is 53.6 cm³/mol. The Bertz CT molecular complexity index is 133. The third-order valence-electron chi connectivity index (χ3n) is 2.55. The van der Waals surface area contributed by atoms with Crippen molar-refractivity contribution < 1.29 is 9.22 Å². The Kier molecular flexibility index (Phi) is 5.21. The van der Waals surface area contributed by atoms with Gasteiger partial charge in [-0.15, -0.1) is 0 Å². The van der Waals surface area contributed by atoms with Crippen LogP contribution in [0, 0.1) is 0 Å². The Hall–Kier alpha value is -0.313. The summed E-state index contributed by atoms with van der Waals surface area (Å²) >= 11 is 0. The Morgan fingerprint density at radius 1 is 1.08 bits per heavy atom. The van der Waals surface area contributed by atoms with Gasteiger partial charge in [-0.3, -0.25) is 4.79 Å². The van der Waals surface area contributed by atoms with Gasteiger partial charge in [-0.05, 0) is 18.1 Å². The van der Waals surface area contributed by atoms with Crippen molar-refractivity contribution in [2.75, 3.05) is 0 Å². The summed E-state index contributed by atoms with van der Waals surface area (Å²) in [7, 11) is -1.65. The molecule has 3 heteroatoms. The molecule has 2 nitrogen and oxygen atoms in total. The molecule has 0 amide bonds. The molecular weight excluding hydrogens is 168 g/mol. The van der Waals surface area contributed by atoms with Crippen molar-refractivity contribution in [3.63, 3.8) is 0 Å². The molecule has 0 spiro atoms. The van der Waals surface area contributed by atoms with E-state index in [1.165, 1.54) is 0 Å². The number of hydrogen-bond acceptors (Lipinski definition) is 2. The van der Waals surface area contributed by atoms with Gasteiger partial charge in [0.1, 0.15) is 0 Å². The molecule has 0 aromatic carbocycles. The van der Waals surface area contributed by atoms with E-state index < -0.39 is 8.32 Å². The van der Waals surface area contributed by atoms with Crippen LogP contribution in [0.3, 0.4) is 0 Å². The molecular formula is C9H20O2Si. The van der Waals surface area contributed by atoms with Gasteiger partial charge in [0.15, 0.2) is 0 Å². The second kappa shape index (κ2) is 5.35. The normalized spacial score (nSPS) is 11.3. The molecule has 0 aromatic heterocycles. The molecule has 0 aliphatic carbocycles. The number of carbonyl (C=O) groups excluding carboxylic acids is 1. The maximum atomic E-state index is 11.1. The van der Waals surface area contributed by atoms with Crippen LogP contribution >= 0.6 is 0 Å². The molecule has 0 saturated carbocycles. The van der Waals surface area contributed by atoms with E-state index in [4.69, 9.17) is 4.43 Å². The van der Waals surface area contributed by atoms with Crippen LogP contribution in [0.1, 0.15) is 34.1 Å². The Morgan fingerprint density at radius 2 is 1.50 bits per heavy atom. The van der Waals surface area contributed by atoms with Crippen molar-refractivity contribution in [1.29, 1.82) is 0 Å². The smallest absolute Gasteiger partial charge is 0.292 e. The standard InChI is InChI=1S/C9H20O2Si/c1-5-9(10)11-12(6-2,7-3)8-4/h5-8H2,1-4H3. The van der Waals surface area contributed by atoms with Crippen molar-refractivity contribution >= 4 is 14.3 Å². The number of rotatable bonds is 5. The third-order valence-corrected chi connectivity index (χ3v) is 7.08. The second-order valence-electron chi connectivity index (χ2n) is 3.07. The maximum Gasteiger partial charge on any atom is 0.292 e. The number of carbonyl (C=O) groups is 1. The molecule has 0 saturated heterocycles. The lowest BCUT2D eigenvalue weighted by molar-refractivity contribution is -0.134. The summed E-state index contributed by atoms with van der Waals surface area (Å²) in [5, 5.41) is 0. The fourth-order valence-corrected chi connectivity index (χ4v) is 3.84. The Balaban J connectivity index is 4.19. The Labute approximate surface area is 76.4 Å². The van der Waals surface area contributed by atoms with Crippen molar-refractivity contribution in [2.24, 2.45) is 0 Å². The summed E-state index contributed by atoms with van der Waals surface area (Å²) in [5.41, 5.74) is 0. The van der Waals surface area contributed by atoms with Gasteiger partial charge in [-0.25, -0.2) is 0 Å². The Morgan fingerprint density at radius 3 is 1.75 bits per heavy atom. The van der Waals surface area contributed by atoms with Crippen LogP contribution in [-0.4, -0.2) is 14.3 Å². The fourth-order valence-electron chi connectivity index (χ4n) is 1.28. The van der Waals surface area contributed by atoms with Gasteiger partial charge in [0.25, 0.3) is 14.3 Å². The predicted octanol–water partition coefficient (Wildman–Crippen LogP) is 2.94. The summed E-state index contributed by atoms with van der Waals surface area (Å²) in [4.78, 5) is 11.1. The van der Waals surface area contributed by atoms with Gasteiger partial charge in [0.2, 0.25) is 0 Å². The summed E-state index contributed by atoms with van der Waals surface area (Å²) in [6.07, 6.45) is 0.509. The van der Waals surface area contributed by atoms with Crippen molar-refractivity contribution in [1.82, 2.24) is 0 Å². The first-order valence-corrected chi connectivity index (χ1v) is 7.38. The average molecular weight is 188 g/mol. The van der Waals surface area contributed by atoms with Gasteiger partial charge < -0.3 is 4.43 Å². The van der Waals surface area contributed by atoms with Gasteiger partial charge in [-0.2, -0.15) is 0 Å². The fraction of sp³-hybridized carbons (Fsp3) is 0.889. The zero-order valence-electron chi connectivity index (χ0n) is 8.64. The van der Waals surface area contributed by atoms with E-state index in [9.17, 15) is 4.79 Å². The zero-order valence-corrected chi connectivity index (χ0v) is 9.64. The molecule has 0 atom stereocenters. The van der Waals surface area contributed by atoms with Crippen molar-refractivity contribution in [3.8, 4) is 0 Å². The average Bonchev–Trinajstić information content (AvgIpc) is 2.14. The molecule has 0 fully saturated rings. The summed E-state index contributed by atoms with van der Waals surface area (Å²) in [5.74, 6) is -0.0211. The lowest BCUT2D eigenvalue weighted by atomic mass is 10.5. The molecule has 0 aliphatic heterocycles. The highest BCUT2D eigenvalue weighted by atomic mass is 28.4. The minimum absolute atomic E-state index is 0.0211. The monoisotopic (exact) mass is 188 g/mol. The van der Waals surface area contributed by atoms with E-state index in [2.05, 4.69) is 20.8 Å². The highest BCUT2D eigenvalue weighted by Gasteiger charge is 2.31. The van der Waals surface area contributed by atoms with Gasteiger partial charge in [-0.1, -0.05) is 27.7 Å². The quantitative estimate of drug-likeness (QED) is 0.620. The van der Waals surface area contributed by atoms with E-state index >= 15 is 0 Å². The molecule has 0 aliphatic rings. The van der Waals surface area contributed by atoms with Crippen molar-refractivity contribution in [2.45, 2.75) is 52.2 Å².